The lowest BCUT2D eigenvalue weighted by Crippen LogP contribution is -1.91. The van der Waals surface area contributed by atoms with Crippen LogP contribution in [0.15, 0.2) is 18.2 Å². The van der Waals surface area contributed by atoms with Crippen LogP contribution in [0.1, 0.15) is 19.4 Å². The molecule has 0 fully saturated rings. The van der Waals surface area contributed by atoms with Gasteiger partial charge < -0.3 is 9.47 Å². The fourth-order valence-corrected chi connectivity index (χ4v) is 1.08. The van der Waals surface area contributed by atoms with Gasteiger partial charge in [0, 0.05) is 6.07 Å². The Bertz CT molecular complexity index is 329. The summed E-state index contributed by atoms with van der Waals surface area (Å²) in [4.78, 5) is 3.55. The van der Waals surface area contributed by atoms with Crippen molar-refractivity contribution in [2.24, 2.45) is 0 Å². The highest BCUT2D eigenvalue weighted by Crippen LogP contribution is 2.24. The van der Waals surface area contributed by atoms with E-state index in [4.69, 9.17) is 16.0 Å². The Labute approximate surface area is 91.5 Å². The second-order valence-corrected chi connectivity index (χ2v) is 2.52. The summed E-state index contributed by atoms with van der Waals surface area (Å²) in [6, 6.07) is 5.54. The van der Waals surface area contributed by atoms with Gasteiger partial charge >= 0.3 is 0 Å². The summed E-state index contributed by atoms with van der Waals surface area (Å²) < 4.78 is 10.2. The molecule has 0 radical (unpaired) electrons. The van der Waals surface area contributed by atoms with Gasteiger partial charge in [0.05, 0.1) is 19.8 Å². The molecule has 3 heteroatoms. The minimum absolute atomic E-state index is 0.452. The zero-order valence-corrected chi connectivity index (χ0v) is 9.78. The molecule has 1 aromatic carbocycles. The van der Waals surface area contributed by atoms with Gasteiger partial charge in [0.15, 0.2) is 0 Å². The van der Waals surface area contributed by atoms with Crippen LogP contribution in [-0.2, 0) is 6.54 Å². The zero-order chi connectivity index (χ0) is 11.7. The second-order valence-electron chi connectivity index (χ2n) is 2.52. The van der Waals surface area contributed by atoms with Gasteiger partial charge in [-0.05, 0) is 12.1 Å². The Balaban J connectivity index is 0.000000921. The normalized spacial score (nSPS) is 8.20. The van der Waals surface area contributed by atoms with Crippen molar-refractivity contribution in [3.8, 4) is 18.1 Å². The lowest BCUT2D eigenvalue weighted by molar-refractivity contribution is 0.391. The lowest BCUT2D eigenvalue weighted by atomic mass is 10.2. The number of nitrogens with zero attached hydrogens (tertiary/aromatic N) is 1. The van der Waals surface area contributed by atoms with Crippen molar-refractivity contribution in [1.29, 1.82) is 0 Å². The number of methoxy groups -OCH3 is 2. The van der Waals surface area contributed by atoms with Gasteiger partial charge in [-0.1, -0.05) is 18.7 Å². The van der Waals surface area contributed by atoms with Crippen LogP contribution >= 0.6 is 0 Å². The molecule has 0 bridgehead atoms. The van der Waals surface area contributed by atoms with Crippen LogP contribution in [0, 0.1) is 6.57 Å². The molecule has 0 unspecified atom stereocenters. The van der Waals surface area contributed by atoms with Crippen molar-refractivity contribution in [3.63, 3.8) is 0 Å². The van der Waals surface area contributed by atoms with Crippen LogP contribution in [0.5, 0.6) is 11.5 Å². The van der Waals surface area contributed by atoms with Crippen LogP contribution in [0.4, 0.5) is 0 Å². The van der Waals surface area contributed by atoms with Gasteiger partial charge in [0.1, 0.15) is 11.5 Å². The van der Waals surface area contributed by atoms with E-state index in [2.05, 4.69) is 4.85 Å². The van der Waals surface area contributed by atoms with Gasteiger partial charge in [0.25, 0.3) is 13.1 Å². The van der Waals surface area contributed by atoms with E-state index in [0.29, 0.717) is 6.54 Å². The molecule has 0 N–H and O–H groups in total. The van der Waals surface area contributed by atoms with Gasteiger partial charge in [0.2, 0.25) is 0 Å². The standard InChI is InChI=1S/C10H12NO2.C2H6/c1-11-7-8-4-5-9(12-2)6-10(8)13-3;1-2/h1,4-6H,7H2,2-3H3;1-2H3/q+1;. The first-order valence-electron chi connectivity index (χ1n) is 4.89. The lowest BCUT2D eigenvalue weighted by Gasteiger charge is -2.05. The summed E-state index contributed by atoms with van der Waals surface area (Å²) in [5.41, 5.74) is 0.950. The predicted octanol–water partition coefficient (Wildman–Crippen LogP) is 3.19. The Hall–Kier alpha value is -1.69. The van der Waals surface area contributed by atoms with E-state index in [0.717, 1.165) is 17.1 Å². The van der Waals surface area contributed by atoms with Crippen LogP contribution in [0.25, 0.3) is 4.85 Å². The molecule has 0 aliphatic rings. The van der Waals surface area contributed by atoms with Crippen LogP contribution in [0.3, 0.4) is 0 Å². The molecular weight excluding hydrogens is 190 g/mol. The average Bonchev–Trinajstić information content (AvgIpc) is 2.32. The highest BCUT2D eigenvalue weighted by molar-refractivity contribution is 5.41. The Morgan fingerprint density at radius 3 is 2.33 bits per heavy atom. The van der Waals surface area contributed by atoms with E-state index in [1.54, 1.807) is 20.3 Å². The number of rotatable bonds is 3. The van der Waals surface area contributed by atoms with E-state index < -0.39 is 0 Å². The van der Waals surface area contributed by atoms with Crippen molar-refractivity contribution >= 4 is 0 Å². The van der Waals surface area contributed by atoms with Crippen LogP contribution in [0.2, 0.25) is 0 Å². The van der Waals surface area contributed by atoms with Crippen LogP contribution in [-0.4, -0.2) is 14.2 Å². The molecule has 0 aliphatic carbocycles. The topological polar surface area (TPSA) is 22.8 Å². The minimum Gasteiger partial charge on any atom is -0.497 e. The number of hydrogen-bond acceptors (Lipinski definition) is 2. The molecule has 82 valence electrons. The first-order valence-corrected chi connectivity index (χ1v) is 4.89. The average molecular weight is 208 g/mol. The quantitative estimate of drug-likeness (QED) is 0.761. The van der Waals surface area contributed by atoms with Crippen molar-refractivity contribution in [3.05, 3.63) is 28.6 Å². The van der Waals surface area contributed by atoms with Crippen LogP contribution < -0.4 is 9.47 Å². The molecule has 0 aromatic heterocycles. The molecular formula is C12H18NO2+. The predicted molar refractivity (Wildman–Crippen MR) is 62.9 cm³/mol. The smallest absolute Gasteiger partial charge is 0.291 e. The molecule has 0 spiro atoms. The molecule has 3 nitrogen and oxygen atoms in total. The van der Waals surface area contributed by atoms with E-state index in [1.807, 2.05) is 26.0 Å². The monoisotopic (exact) mass is 208 g/mol. The number of benzene rings is 1. The number of ether oxygens (including phenoxy) is 2. The molecule has 1 aromatic rings. The van der Waals surface area contributed by atoms with Crippen molar-refractivity contribution < 1.29 is 9.47 Å². The summed E-state index contributed by atoms with van der Waals surface area (Å²) in [5, 5.41) is 0. The molecule has 1 rings (SSSR count). The maximum atomic E-state index is 5.14. The minimum atomic E-state index is 0.452. The molecule has 0 atom stereocenters. The maximum Gasteiger partial charge on any atom is 0.291 e. The molecule has 0 heterocycles. The molecule has 0 saturated heterocycles. The van der Waals surface area contributed by atoms with E-state index >= 15 is 0 Å². The van der Waals surface area contributed by atoms with Gasteiger partial charge in [-0.3, -0.25) is 0 Å². The van der Waals surface area contributed by atoms with Crippen molar-refractivity contribution in [1.82, 2.24) is 0 Å². The van der Waals surface area contributed by atoms with E-state index in [-0.39, 0.29) is 0 Å². The highest BCUT2D eigenvalue weighted by atomic mass is 16.5. The summed E-state index contributed by atoms with van der Waals surface area (Å²) in [7, 11) is 3.22. The zero-order valence-electron chi connectivity index (χ0n) is 9.78. The Morgan fingerprint density at radius 2 is 1.87 bits per heavy atom. The van der Waals surface area contributed by atoms with Crippen molar-refractivity contribution in [2.75, 3.05) is 14.2 Å². The number of hydrogen-bond donors (Lipinski definition) is 0. The summed E-state index contributed by atoms with van der Waals surface area (Å²) in [5.74, 6) is 1.51. The molecule has 0 saturated carbocycles. The largest absolute Gasteiger partial charge is 0.497 e. The first kappa shape index (κ1) is 13.3. The Kier molecular flexibility index (Phi) is 6.82. The Morgan fingerprint density at radius 1 is 1.20 bits per heavy atom. The van der Waals surface area contributed by atoms with Gasteiger partial charge in [-0.2, -0.15) is 0 Å². The summed E-state index contributed by atoms with van der Waals surface area (Å²) >= 11 is 0. The van der Waals surface area contributed by atoms with E-state index in [1.165, 1.54) is 0 Å². The molecule has 0 amide bonds. The van der Waals surface area contributed by atoms with Crippen molar-refractivity contribution in [2.45, 2.75) is 20.4 Å². The third-order valence-electron chi connectivity index (χ3n) is 1.76. The molecule has 15 heavy (non-hydrogen) atoms. The first-order chi connectivity index (χ1) is 7.31. The fourth-order valence-electron chi connectivity index (χ4n) is 1.08. The van der Waals surface area contributed by atoms with E-state index in [9.17, 15) is 0 Å². The highest BCUT2D eigenvalue weighted by Gasteiger charge is 2.07. The molecule has 0 aliphatic heterocycles. The fraction of sp³-hybridized carbons (Fsp3) is 0.417. The van der Waals surface area contributed by atoms with Gasteiger partial charge in [-0.15, -0.1) is 0 Å². The SMILES string of the molecule is C#[N+]Cc1ccc(OC)cc1OC.CC. The second kappa shape index (κ2) is 7.69. The third kappa shape index (κ3) is 3.90. The van der Waals surface area contributed by atoms with Gasteiger partial charge in [-0.25, -0.2) is 0 Å². The maximum absolute atomic E-state index is 5.14. The summed E-state index contributed by atoms with van der Waals surface area (Å²) in [6.45, 7) is 9.54. The third-order valence-corrected chi connectivity index (χ3v) is 1.76. The summed E-state index contributed by atoms with van der Waals surface area (Å²) in [6.07, 6.45) is 0.